The van der Waals surface area contributed by atoms with Gasteiger partial charge < -0.3 is 0 Å². The third kappa shape index (κ3) is 3.78. The molecule has 2 N–H and O–H groups in total. The van der Waals surface area contributed by atoms with Gasteiger partial charge in [0.2, 0.25) is 10.0 Å². The predicted molar refractivity (Wildman–Crippen MR) is 100 cm³/mol. The van der Waals surface area contributed by atoms with Gasteiger partial charge in [0.25, 0.3) is 5.91 Å². The van der Waals surface area contributed by atoms with Crippen LogP contribution in [0.2, 0.25) is 10.0 Å². The molecule has 0 saturated heterocycles. The van der Waals surface area contributed by atoms with Gasteiger partial charge in [-0.1, -0.05) is 34.5 Å². The van der Waals surface area contributed by atoms with E-state index >= 15 is 0 Å². The quantitative estimate of drug-likeness (QED) is 0.678. The number of anilines is 1. The molecule has 0 spiro atoms. The normalized spacial score (nSPS) is 11.6. The van der Waals surface area contributed by atoms with Crippen LogP contribution in [0.3, 0.4) is 0 Å². The van der Waals surface area contributed by atoms with Crippen LogP contribution in [0, 0.1) is 0 Å². The summed E-state index contributed by atoms with van der Waals surface area (Å²) < 4.78 is 26.6. The maximum absolute atomic E-state index is 12.3. The van der Waals surface area contributed by atoms with Gasteiger partial charge in [-0.05, 0) is 43.4 Å². The first-order chi connectivity index (χ1) is 11.8. The summed E-state index contributed by atoms with van der Waals surface area (Å²) in [6.07, 6.45) is 0. The van der Waals surface area contributed by atoms with E-state index in [4.69, 9.17) is 23.2 Å². The number of thiazole rings is 1. The highest BCUT2D eigenvalue weighted by Crippen LogP contribution is 2.29. The lowest BCUT2D eigenvalue weighted by atomic mass is 10.2. The summed E-state index contributed by atoms with van der Waals surface area (Å²) >= 11 is 13.0. The number of nitrogens with zero attached hydrogens (tertiary/aromatic N) is 1. The van der Waals surface area contributed by atoms with Crippen molar-refractivity contribution in [3.8, 4) is 0 Å². The number of carbonyl (C=O) groups is 1. The molecular formula is C15H11Cl2N3O3S2. The molecule has 10 heteroatoms. The first-order valence-corrected chi connectivity index (χ1v) is 9.96. The second-order valence-corrected chi connectivity index (χ2v) is 8.70. The number of nitrogens with one attached hydrogen (secondary N) is 2. The number of rotatable bonds is 4. The molecule has 3 rings (SSSR count). The van der Waals surface area contributed by atoms with E-state index in [-0.39, 0.29) is 15.5 Å². The first-order valence-electron chi connectivity index (χ1n) is 6.91. The Morgan fingerprint density at radius 1 is 1.16 bits per heavy atom. The zero-order valence-corrected chi connectivity index (χ0v) is 15.9. The molecule has 25 heavy (non-hydrogen) atoms. The van der Waals surface area contributed by atoms with Crippen molar-refractivity contribution in [1.82, 2.24) is 9.71 Å². The van der Waals surface area contributed by atoms with Gasteiger partial charge in [0.15, 0.2) is 5.13 Å². The van der Waals surface area contributed by atoms with Gasteiger partial charge in [-0.25, -0.2) is 18.1 Å². The average molecular weight is 416 g/mol. The van der Waals surface area contributed by atoms with Gasteiger partial charge in [0, 0.05) is 5.02 Å². The highest BCUT2D eigenvalue weighted by molar-refractivity contribution is 7.89. The number of hydrogen-bond donors (Lipinski definition) is 2. The van der Waals surface area contributed by atoms with Gasteiger partial charge >= 0.3 is 0 Å². The van der Waals surface area contributed by atoms with E-state index in [0.717, 1.165) is 0 Å². The van der Waals surface area contributed by atoms with Crippen molar-refractivity contribution >= 4 is 65.8 Å². The summed E-state index contributed by atoms with van der Waals surface area (Å²) in [5.41, 5.74) is 0.848. The van der Waals surface area contributed by atoms with E-state index < -0.39 is 15.9 Å². The van der Waals surface area contributed by atoms with Crippen molar-refractivity contribution in [3.05, 3.63) is 52.0 Å². The molecule has 130 valence electrons. The molecule has 0 saturated carbocycles. The third-order valence-electron chi connectivity index (χ3n) is 3.34. The number of aromatic nitrogens is 1. The largest absolute Gasteiger partial charge is 0.298 e. The van der Waals surface area contributed by atoms with E-state index in [1.54, 1.807) is 12.1 Å². The van der Waals surface area contributed by atoms with Gasteiger partial charge in [-0.3, -0.25) is 10.1 Å². The Bertz CT molecular complexity index is 1080. The molecule has 0 radical (unpaired) electrons. The molecule has 0 bridgehead atoms. The van der Waals surface area contributed by atoms with E-state index in [1.807, 2.05) is 0 Å². The zero-order valence-electron chi connectivity index (χ0n) is 12.7. The standard InChI is InChI=1S/C15H11Cl2N3O3S2/c1-18-25(22,23)9-3-5-12-13(7-9)24-15(19-12)20-14(21)10-4-2-8(16)6-11(10)17/h2-7,18H,1H3,(H,19,20,21). The molecule has 6 nitrogen and oxygen atoms in total. The van der Waals surface area contributed by atoms with Crippen molar-refractivity contribution < 1.29 is 13.2 Å². The molecule has 0 atom stereocenters. The van der Waals surface area contributed by atoms with Crippen molar-refractivity contribution in [2.45, 2.75) is 4.90 Å². The van der Waals surface area contributed by atoms with Crippen LogP contribution in [0.4, 0.5) is 5.13 Å². The summed E-state index contributed by atoms with van der Waals surface area (Å²) in [4.78, 5) is 16.7. The Kier molecular flexibility index (Phi) is 4.99. The molecule has 0 unspecified atom stereocenters. The van der Waals surface area contributed by atoms with Crippen molar-refractivity contribution in [2.75, 3.05) is 12.4 Å². The molecule has 0 aliphatic rings. The van der Waals surface area contributed by atoms with Gasteiger partial charge in [-0.15, -0.1) is 0 Å². The van der Waals surface area contributed by atoms with Crippen LogP contribution in [-0.4, -0.2) is 26.4 Å². The van der Waals surface area contributed by atoms with Crippen molar-refractivity contribution in [1.29, 1.82) is 0 Å². The topological polar surface area (TPSA) is 88.2 Å². The van der Waals surface area contributed by atoms with Crippen LogP contribution in [0.25, 0.3) is 10.2 Å². The molecule has 0 fully saturated rings. The summed E-state index contributed by atoms with van der Waals surface area (Å²) in [5.74, 6) is -0.427. The van der Waals surface area contributed by atoms with Gasteiger partial charge in [-0.2, -0.15) is 0 Å². The summed E-state index contributed by atoms with van der Waals surface area (Å²) in [7, 11) is -2.20. The number of amides is 1. The first kappa shape index (κ1) is 18.1. The van der Waals surface area contributed by atoms with Crippen LogP contribution in [-0.2, 0) is 10.0 Å². The fraction of sp³-hybridized carbons (Fsp3) is 0.0667. The monoisotopic (exact) mass is 415 g/mol. The number of carbonyl (C=O) groups excluding carboxylic acids is 1. The van der Waals surface area contributed by atoms with Crippen LogP contribution in [0.5, 0.6) is 0 Å². The summed E-state index contributed by atoms with van der Waals surface area (Å²) in [6, 6.07) is 9.10. The Labute approximate surface area is 157 Å². The fourth-order valence-corrected chi connectivity index (χ4v) is 4.31. The van der Waals surface area contributed by atoms with E-state index in [2.05, 4.69) is 15.0 Å². The zero-order chi connectivity index (χ0) is 18.2. The number of benzene rings is 2. The molecule has 1 heterocycles. The molecule has 1 aromatic heterocycles. The summed E-state index contributed by atoms with van der Waals surface area (Å²) in [5, 5.41) is 3.65. The Hall–Kier alpha value is -1.71. The molecule has 0 aliphatic heterocycles. The summed E-state index contributed by atoms with van der Waals surface area (Å²) in [6.45, 7) is 0. The van der Waals surface area contributed by atoms with E-state index in [9.17, 15) is 13.2 Å². The number of hydrogen-bond acceptors (Lipinski definition) is 5. The lowest BCUT2D eigenvalue weighted by molar-refractivity contribution is 0.102. The Balaban J connectivity index is 1.90. The fourth-order valence-electron chi connectivity index (χ4n) is 2.08. The second-order valence-electron chi connectivity index (χ2n) is 4.93. The van der Waals surface area contributed by atoms with Crippen molar-refractivity contribution in [2.24, 2.45) is 0 Å². The minimum absolute atomic E-state index is 0.129. The smallest absolute Gasteiger partial charge is 0.258 e. The lowest BCUT2D eigenvalue weighted by Gasteiger charge is -2.04. The Morgan fingerprint density at radius 2 is 1.92 bits per heavy atom. The minimum atomic E-state index is -3.54. The highest BCUT2D eigenvalue weighted by Gasteiger charge is 2.16. The van der Waals surface area contributed by atoms with Crippen LogP contribution >= 0.6 is 34.5 Å². The minimum Gasteiger partial charge on any atom is -0.298 e. The number of fused-ring (bicyclic) bond motifs is 1. The van der Waals surface area contributed by atoms with Crippen LogP contribution in [0.15, 0.2) is 41.3 Å². The molecule has 3 aromatic rings. The maximum atomic E-state index is 12.3. The lowest BCUT2D eigenvalue weighted by Crippen LogP contribution is -2.18. The average Bonchev–Trinajstić information content (AvgIpc) is 2.95. The van der Waals surface area contributed by atoms with Gasteiger partial charge in [0.05, 0.1) is 25.7 Å². The van der Waals surface area contributed by atoms with Gasteiger partial charge in [0.1, 0.15) is 0 Å². The maximum Gasteiger partial charge on any atom is 0.258 e. The van der Waals surface area contributed by atoms with Crippen LogP contribution < -0.4 is 10.0 Å². The third-order valence-corrected chi connectivity index (χ3v) is 6.23. The number of sulfonamides is 1. The Morgan fingerprint density at radius 3 is 2.60 bits per heavy atom. The number of halogens is 2. The predicted octanol–water partition coefficient (Wildman–Crippen LogP) is 3.76. The molecule has 1 amide bonds. The van der Waals surface area contributed by atoms with Crippen LogP contribution in [0.1, 0.15) is 10.4 Å². The SMILES string of the molecule is CNS(=O)(=O)c1ccc2nc(NC(=O)c3ccc(Cl)cc3Cl)sc2c1. The highest BCUT2D eigenvalue weighted by atomic mass is 35.5. The second kappa shape index (κ2) is 6.89. The molecular weight excluding hydrogens is 405 g/mol. The molecule has 0 aliphatic carbocycles. The van der Waals surface area contributed by atoms with E-state index in [1.165, 1.54) is 42.6 Å². The van der Waals surface area contributed by atoms with Crippen molar-refractivity contribution in [3.63, 3.8) is 0 Å². The van der Waals surface area contributed by atoms with E-state index in [0.29, 0.717) is 20.4 Å². The molecule has 2 aromatic carbocycles.